The standard InChI is InChI=1S/C13H20N4O2/c1-2-16(11-5-3-10(14)4-6-11)12-7-8-13(15-9-12)17(18)19/h7-11H,2-6,14H2,1H3. The van der Waals surface area contributed by atoms with E-state index in [0.29, 0.717) is 12.1 Å². The second-order valence-electron chi connectivity index (χ2n) is 4.99. The molecule has 1 aliphatic rings. The van der Waals surface area contributed by atoms with E-state index < -0.39 is 4.92 Å². The van der Waals surface area contributed by atoms with E-state index in [1.807, 2.05) is 0 Å². The van der Waals surface area contributed by atoms with Gasteiger partial charge in [0, 0.05) is 24.7 Å². The predicted molar refractivity (Wildman–Crippen MR) is 74.1 cm³/mol. The summed E-state index contributed by atoms with van der Waals surface area (Å²) in [6.07, 6.45) is 5.83. The highest BCUT2D eigenvalue weighted by atomic mass is 16.6. The summed E-state index contributed by atoms with van der Waals surface area (Å²) in [5, 5.41) is 10.6. The van der Waals surface area contributed by atoms with Gasteiger partial charge in [-0.1, -0.05) is 0 Å². The van der Waals surface area contributed by atoms with E-state index in [1.165, 1.54) is 6.07 Å². The molecule has 1 aromatic rings. The Labute approximate surface area is 112 Å². The van der Waals surface area contributed by atoms with Crippen LogP contribution in [0.3, 0.4) is 0 Å². The number of pyridine rings is 1. The van der Waals surface area contributed by atoms with E-state index in [1.54, 1.807) is 12.3 Å². The Kier molecular flexibility index (Phi) is 4.31. The summed E-state index contributed by atoms with van der Waals surface area (Å²) in [6.45, 7) is 2.97. The van der Waals surface area contributed by atoms with Gasteiger partial charge in [-0.25, -0.2) is 0 Å². The van der Waals surface area contributed by atoms with Gasteiger partial charge in [0.1, 0.15) is 0 Å². The van der Waals surface area contributed by atoms with Gasteiger partial charge in [0.25, 0.3) is 0 Å². The summed E-state index contributed by atoms with van der Waals surface area (Å²) in [7, 11) is 0. The first-order valence-corrected chi connectivity index (χ1v) is 6.74. The smallest absolute Gasteiger partial charge is 0.363 e. The van der Waals surface area contributed by atoms with Crippen LogP contribution < -0.4 is 10.6 Å². The molecule has 6 heteroatoms. The topological polar surface area (TPSA) is 85.3 Å². The lowest BCUT2D eigenvalue weighted by Gasteiger charge is -2.36. The molecule has 0 radical (unpaired) electrons. The fourth-order valence-corrected chi connectivity index (χ4v) is 2.72. The van der Waals surface area contributed by atoms with Crippen molar-refractivity contribution >= 4 is 11.5 Å². The minimum Gasteiger partial charge on any atom is -0.366 e. The van der Waals surface area contributed by atoms with Crippen LogP contribution in [0.25, 0.3) is 0 Å². The molecule has 2 N–H and O–H groups in total. The van der Waals surface area contributed by atoms with Crippen LogP contribution in [0.4, 0.5) is 11.5 Å². The summed E-state index contributed by atoms with van der Waals surface area (Å²) in [4.78, 5) is 16.3. The Morgan fingerprint density at radius 2 is 2.11 bits per heavy atom. The molecule has 0 bridgehead atoms. The molecule has 0 aromatic carbocycles. The zero-order valence-corrected chi connectivity index (χ0v) is 11.2. The van der Waals surface area contributed by atoms with Crippen molar-refractivity contribution in [1.82, 2.24) is 4.98 Å². The predicted octanol–water partition coefficient (Wildman–Crippen LogP) is 2.09. The second-order valence-corrected chi connectivity index (χ2v) is 4.99. The van der Waals surface area contributed by atoms with Gasteiger partial charge in [0.15, 0.2) is 6.20 Å². The van der Waals surface area contributed by atoms with Gasteiger partial charge in [0.2, 0.25) is 0 Å². The van der Waals surface area contributed by atoms with Crippen LogP contribution in [0.1, 0.15) is 32.6 Å². The van der Waals surface area contributed by atoms with Crippen molar-refractivity contribution in [3.8, 4) is 0 Å². The zero-order valence-electron chi connectivity index (χ0n) is 11.2. The first-order valence-electron chi connectivity index (χ1n) is 6.74. The summed E-state index contributed by atoms with van der Waals surface area (Å²) in [5.41, 5.74) is 6.88. The van der Waals surface area contributed by atoms with Crippen molar-refractivity contribution in [2.45, 2.75) is 44.7 Å². The third-order valence-electron chi connectivity index (χ3n) is 3.77. The van der Waals surface area contributed by atoms with Crippen LogP contribution in [-0.4, -0.2) is 28.5 Å². The zero-order chi connectivity index (χ0) is 13.8. The number of nitrogens with two attached hydrogens (primary N) is 1. The van der Waals surface area contributed by atoms with Crippen LogP contribution in [0.2, 0.25) is 0 Å². The average Bonchev–Trinajstić information content (AvgIpc) is 2.42. The minimum absolute atomic E-state index is 0.106. The summed E-state index contributed by atoms with van der Waals surface area (Å²) in [5.74, 6) is -0.106. The third-order valence-corrected chi connectivity index (χ3v) is 3.77. The van der Waals surface area contributed by atoms with Crippen LogP contribution in [0.5, 0.6) is 0 Å². The number of nitro groups is 1. The van der Waals surface area contributed by atoms with E-state index in [2.05, 4.69) is 16.8 Å². The van der Waals surface area contributed by atoms with E-state index in [4.69, 9.17) is 5.73 Å². The van der Waals surface area contributed by atoms with Crippen molar-refractivity contribution in [1.29, 1.82) is 0 Å². The summed E-state index contributed by atoms with van der Waals surface area (Å²) < 4.78 is 0. The minimum atomic E-state index is -0.473. The number of hydrogen-bond acceptors (Lipinski definition) is 5. The quantitative estimate of drug-likeness (QED) is 0.664. The van der Waals surface area contributed by atoms with Gasteiger partial charge >= 0.3 is 5.82 Å². The van der Waals surface area contributed by atoms with Crippen molar-refractivity contribution in [2.24, 2.45) is 5.73 Å². The lowest BCUT2D eigenvalue weighted by atomic mass is 9.90. The van der Waals surface area contributed by atoms with Gasteiger partial charge in [-0.15, -0.1) is 0 Å². The maximum absolute atomic E-state index is 10.6. The SMILES string of the molecule is CCN(c1ccc([N+](=O)[O-])nc1)C1CCC(N)CC1. The number of aromatic nitrogens is 1. The van der Waals surface area contributed by atoms with Crippen molar-refractivity contribution < 1.29 is 4.92 Å². The highest BCUT2D eigenvalue weighted by Crippen LogP contribution is 2.27. The Morgan fingerprint density at radius 3 is 2.58 bits per heavy atom. The molecule has 1 saturated carbocycles. The van der Waals surface area contributed by atoms with Crippen LogP contribution in [0, 0.1) is 10.1 Å². The Hall–Kier alpha value is -1.69. The number of nitrogens with zero attached hydrogens (tertiary/aromatic N) is 3. The molecule has 0 unspecified atom stereocenters. The molecule has 19 heavy (non-hydrogen) atoms. The highest BCUT2D eigenvalue weighted by Gasteiger charge is 2.24. The molecule has 1 aromatic heterocycles. The molecule has 0 spiro atoms. The summed E-state index contributed by atoms with van der Waals surface area (Å²) >= 11 is 0. The number of rotatable bonds is 4. The number of hydrogen-bond donors (Lipinski definition) is 1. The third kappa shape index (κ3) is 3.20. The second kappa shape index (κ2) is 5.97. The van der Waals surface area contributed by atoms with Crippen LogP contribution >= 0.6 is 0 Å². The molecular weight excluding hydrogens is 244 g/mol. The molecule has 0 atom stereocenters. The molecule has 1 aliphatic carbocycles. The van der Waals surface area contributed by atoms with Crippen LogP contribution in [-0.2, 0) is 0 Å². The van der Waals surface area contributed by atoms with E-state index in [9.17, 15) is 10.1 Å². The maximum atomic E-state index is 10.6. The lowest BCUT2D eigenvalue weighted by Crippen LogP contribution is -2.41. The largest absolute Gasteiger partial charge is 0.366 e. The van der Waals surface area contributed by atoms with E-state index >= 15 is 0 Å². The molecule has 0 amide bonds. The Morgan fingerprint density at radius 1 is 1.42 bits per heavy atom. The first-order chi connectivity index (χ1) is 9.11. The van der Waals surface area contributed by atoms with E-state index in [-0.39, 0.29) is 5.82 Å². The fraction of sp³-hybridized carbons (Fsp3) is 0.615. The molecule has 0 saturated heterocycles. The van der Waals surface area contributed by atoms with E-state index in [0.717, 1.165) is 37.9 Å². The average molecular weight is 264 g/mol. The van der Waals surface area contributed by atoms with Gasteiger partial charge in [-0.3, -0.25) is 0 Å². The molecule has 104 valence electrons. The Bertz CT molecular complexity index is 427. The molecule has 6 nitrogen and oxygen atoms in total. The normalized spacial score (nSPS) is 23.1. The molecule has 0 aliphatic heterocycles. The van der Waals surface area contributed by atoms with Crippen molar-refractivity contribution in [2.75, 3.05) is 11.4 Å². The van der Waals surface area contributed by atoms with Gasteiger partial charge in [0.05, 0.1) is 5.69 Å². The van der Waals surface area contributed by atoms with Gasteiger partial charge < -0.3 is 20.7 Å². The highest BCUT2D eigenvalue weighted by molar-refractivity contribution is 5.47. The Balaban J connectivity index is 2.10. The van der Waals surface area contributed by atoms with Gasteiger partial charge in [-0.05, 0) is 48.6 Å². The van der Waals surface area contributed by atoms with Crippen LogP contribution in [0.15, 0.2) is 18.3 Å². The lowest BCUT2D eigenvalue weighted by molar-refractivity contribution is -0.389. The maximum Gasteiger partial charge on any atom is 0.363 e. The van der Waals surface area contributed by atoms with Crippen molar-refractivity contribution in [3.63, 3.8) is 0 Å². The molecule has 1 fully saturated rings. The van der Waals surface area contributed by atoms with Crippen molar-refractivity contribution in [3.05, 3.63) is 28.4 Å². The number of anilines is 1. The molecule has 1 heterocycles. The molecular formula is C13H20N4O2. The fourth-order valence-electron chi connectivity index (χ4n) is 2.72. The molecule has 2 rings (SSSR count). The van der Waals surface area contributed by atoms with Gasteiger partial charge in [-0.2, -0.15) is 0 Å². The summed E-state index contributed by atoms with van der Waals surface area (Å²) in [6, 6.07) is 4.04. The monoisotopic (exact) mass is 264 g/mol. The first kappa shape index (κ1) is 13.7.